The Hall–Kier alpha value is -2.42. The van der Waals surface area contributed by atoms with Crippen molar-refractivity contribution in [3.05, 3.63) is 67.9 Å². The standard InChI is InChI=1S/C18H15IN2O4/c1-25-18(24)14-15(22)13-12(16(19)20-14)8-10-21(17(13)23)9-7-11-5-3-2-4-6-11/h2-6,8,10,22H,7,9H2,1H3. The van der Waals surface area contributed by atoms with E-state index in [0.29, 0.717) is 22.1 Å². The molecule has 0 unspecified atom stereocenters. The van der Waals surface area contributed by atoms with Crippen LogP contribution >= 0.6 is 22.6 Å². The summed E-state index contributed by atoms with van der Waals surface area (Å²) in [5.74, 6) is -1.22. The normalized spacial score (nSPS) is 10.8. The second kappa shape index (κ2) is 7.22. The number of rotatable bonds is 4. The minimum Gasteiger partial charge on any atom is -0.505 e. The van der Waals surface area contributed by atoms with Gasteiger partial charge in [0.25, 0.3) is 5.56 Å². The molecule has 0 aliphatic carbocycles. The molecule has 25 heavy (non-hydrogen) atoms. The van der Waals surface area contributed by atoms with Gasteiger partial charge in [-0.2, -0.15) is 0 Å². The maximum atomic E-state index is 12.8. The third kappa shape index (κ3) is 3.37. The first-order valence-corrected chi connectivity index (χ1v) is 8.64. The zero-order valence-electron chi connectivity index (χ0n) is 13.4. The molecule has 0 radical (unpaired) electrons. The number of pyridine rings is 2. The molecule has 1 aromatic carbocycles. The Bertz CT molecular complexity index is 999. The summed E-state index contributed by atoms with van der Waals surface area (Å²) in [4.78, 5) is 28.6. The molecule has 3 rings (SSSR count). The zero-order chi connectivity index (χ0) is 18.0. The lowest BCUT2D eigenvalue weighted by atomic mass is 10.1. The van der Waals surface area contributed by atoms with Gasteiger partial charge in [-0.1, -0.05) is 30.3 Å². The van der Waals surface area contributed by atoms with E-state index in [1.807, 2.05) is 52.9 Å². The number of halogens is 1. The molecule has 6 nitrogen and oxygen atoms in total. The van der Waals surface area contributed by atoms with Gasteiger partial charge in [-0.3, -0.25) is 4.79 Å². The average Bonchev–Trinajstić information content (AvgIpc) is 2.63. The van der Waals surface area contributed by atoms with E-state index in [9.17, 15) is 14.7 Å². The highest BCUT2D eigenvalue weighted by molar-refractivity contribution is 14.1. The van der Waals surface area contributed by atoms with Crippen LogP contribution in [0.1, 0.15) is 16.1 Å². The lowest BCUT2D eigenvalue weighted by Crippen LogP contribution is -2.22. The van der Waals surface area contributed by atoms with Crippen molar-refractivity contribution in [1.29, 1.82) is 0 Å². The Morgan fingerprint density at radius 3 is 2.68 bits per heavy atom. The molecule has 2 aromatic heterocycles. The quantitative estimate of drug-likeness (QED) is 0.376. The van der Waals surface area contributed by atoms with Crippen molar-refractivity contribution in [3.63, 3.8) is 0 Å². The summed E-state index contributed by atoms with van der Waals surface area (Å²) >= 11 is 1.93. The number of hydrogen-bond acceptors (Lipinski definition) is 5. The number of fused-ring (bicyclic) bond motifs is 1. The molecule has 2 heterocycles. The largest absolute Gasteiger partial charge is 0.505 e. The van der Waals surface area contributed by atoms with Gasteiger partial charge in [-0.05, 0) is 40.6 Å². The van der Waals surface area contributed by atoms with Gasteiger partial charge in [-0.15, -0.1) is 0 Å². The molecule has 0 amide bonds. The first-order chi connectivity index (χ1) is 12.0. The minimum atomic E-state index is -0.781. The number of carbonyl (C=O) groups excluding carboxylic acids is 1. The van der Waals surface area contributed by atoms with E-state index >= 15 is 0 Å². The van der Waals surface area contributed by atoms with E-state index in [1.54, 1.807) is 12.3 Å². The van der Waals surface area contributed by atoms with Gasteiger partial charge in [0.05, 0.1) is 12.5 Å². The summed E-state index contributed by atoms with van der Waals surface area (Å²) in [7, 11) is 1.20. The van der Waals surface area contributed by atoms with Crippen LogP contribution in [0, 0.1) is 3.70 Å². The Morgan fingerprint density at radius 2 is 2.00 bits per heavy atom. The number of benzene rings is 1. The lowest BCUT2D eigenvalue weighted by Gasteiger charge is -2.11. The van der Waals surface area contributed by atoms with E-state index in [4.69, 9.17) is 0 Å². The Labute approximate surface area is 157 Å². The Morgan fingerprint density at radius 1 is 1.28 bits per heavy atom. The predicted octanol–water partition coefficient (Wildman–Crippen LogP) is 2.74. The first kappa shape index (κ1) is 17.4. The third-order valence-electron chi connectivity index (χ3n) is 3.92. The van der Waals surface area contributed by atoms with Crippen LogP contribution in [-0.4, -0.2) is 27.7 Å². The SMILES string of the molecule is COC(=O)c1nc(I)c2ccn(CCc3ccccc3)c(=O)c2c1O. The highest BCUT2D eigenvalue weighted by Gasteiger charge is 2.21. The number of hydrogen-bond donors (Lipinski definition) is 1. The van der Waals surface area contributed by atoms with Gasteiger partial charge in [0.15, 0.2) is 11.4 Å². The molecule has 3 aromatic rings. The summed E-state index contributed by atoms with van der Waals surface area (Å²) in [6.45, 7) is 0.463. The highest BCUT2D eigenvalue weighted by Crippen LogP contribution is 2.28. The van der Waals surface area contributed by atoms with Gasteiger partial charge in [0.2, 0.25) is 0 Å². The lowest BCUT2D eigenvalue weighted by molar-refractivity contribution is 0.0590. The van der Waals surface area contributed by atoms with E-state index in [2.05, 4.69) is 9.72 Å². The van der Waals surface area contributed by atoms with Gasteiger partial charge < -0.3 is 14.4 Å². The summed E-state index contributed by atoms with van der Waals surface area (Å²) in [6, 6.07) is 11.5. The molecular formula is C18H15IN2O4. The monoisotopic (exact) mass is 450 g/mol. The van der Waals surface area contributed by atoms with Gasteiger partial charge in [-0.25, -0.2) is 9.78 Å². The molecular weight excluding hydrogens is 435 g/mol. The van der Waals surface area contributed by atoms with Crippen LogP contribution < -0.4 is 5.56 Å². The summed E-state index contributed by atoms with van der Waals surface area (Å²) in [5, 5.41) is 11.0. The second-order valence-corrected chi connectivity index (χ2v) is 6.45. The van der Waals surface area contributed by atoms with Crippen molar-refractivity contribution in [2.75, 3.05) is 7.11 Å². The van der Waals surface area contributed by atoms with Crippen LogP contribution in [0.2, 0.25) is 0 Å². The van der Waals surface area contributed by atoms with Crippen molar-refractivity contribution >= 4 is 39.3 Å². The van der Waals surface area contributed by atoms with Crippen molar-refractivity contribution in [2.45, 2.75) is 13.0 Å². The van der Waals surface area contributed by atoms with Crippen LogP contribution in [0.25, 0.3) is 10.8 Å². The maximum absolute atomic E-state index is 12.8. The average molecular weight is 450 g/mol. The molecule has 0 aliphatic rings. The van der Waals surface area contributed by atoms with E-state index < -0.39 is 11.7 Å². The fraction of sp³-hybridized carbons (Fsp3) is 0.167. The summed E-state index contributed by atoms with van der Waals surface area (Å²) in [5.41, 5.74) is 0.493. The van der Waals surface area contributed by atoms with E-state index in [0.717, 1.165) is 5.56 Å². The molecule has 0 aliphatic heterocycles. The van der Waals surface area contributed by atoms with Gasteiger partial charge >= 0.3 is 5.97 Å². The number of esters is 1. The molecule has 7 heteroatoms. The first-order valence-electron chi connectivity index (χ1n) is 7.56. The molecule has 0 atom stereocenters. The van der Waals surface area contributed by atoms with Gasteiger partial charge in [0.1, 0.15) is 3.70 Å². The van der Waals surface area contributed by atoms with Crippen molar-refractivity contribution in [3.8, 4) is 5.75 Å². The molecule has 0 fully saturated rings. The molecule has 1 N–H and O–H groups in total. The van der Waals surface area contributed by atoms with Crippen LogP contribution in [0.3, 0.4) is 0 Å². The number of nitrogens with zero attached hydrogens (tertiary/aromatic N) is 2. The fourth-order valence-corrected chi connectivity index (χ4v) is 3.30. The van der Waals surface area contributed by atoms with E-state index in [-0.39, 0.29) is 16.6 Å². The molecule has 0 saturated carbocycles. The van der Waals surface area contributed by atoms with Crippen molar-refractivity contribution in [2.24, 2.45) is 0 Å². The van der Waals surface area contributed by atoms with Crippen LogP contribution in [0.15, 0.2) is 47.4 Å². The highest BCUT2D eigenvalue weighted by atomic mass is 127. The molecule has 128 valence electrons. The second-order valence-electron chi connectivity index (χ2n) is 5.43. The van der Waals surface area contributed by atoms with E-state index in [1.165, 1.54) is 11.7 Å². The van der Waals surface area contributed by atoms with Crippen LogP contribution in [0.4, 0.5) is 0 Å². The number of carbonyl (C=O) groups is 1. The third-order valence-corrected chi connectivity index (χ3v) is 4.74. The number of methoxy groups -OCH3 is 1. The number of aromatic nitrogens is 2. The number of ether oxygens (including phenoxy) is 1. The topological polar surface area (TPSA) is 81.4 Å². The maximum Gasteiger partial charge on any atom is 0.360 e. The summed E-state index contributed by atoms with van der Waals surface area (Å²) < 4.78 is 6.60. The molecule has 0 bridgehead atoms. The van der Waals surface area contributed by atoms with Crippen LogP contribution in [-0.2, 0) is 17.7 Å². The summed E-state index contributed by atoms with van der Waals surface area (Å²) in [6.07, 6.45) is 2.35. The molecule has 0 saturated heterocycles. The van der Waals surface area contributed by atoms with Crippen molar-refractivity contribution < 1.29 is 14.6 Å². The molecule has 0 spiro atoms. The Kier molecular flexibility index (Phi) is 5.03. The predicted molar refractivity (Wildman–Crippen MR) is 102 cm³/mol. The number of aromatic hydroxyl groups is 1. The number of aryl methyl sites for hydroxylation is 2. The fourth-order valence-electron chi connectivity index (χ4n) is 2.61. The van der Waals surface area contributed by atoms with Crippen LogP contribution in [0.5, 0.6) is 5.75 Å². The van der Waals surface area contributed by atoms with Gasteiger partial charge in [0, 0.05) is 18.1 Å². The smallest absolute Gasteiger partial charge is 0.360 e. The minimum absolute atomic E-state index is 0.0790. The Balaban J connectivity index is 2.08. The van der Waals surface area contributed by atoms with Crippen molar-refractivity contribution in [1.82, 2.24) is 9.55 Å². The zero-order valence-corrected chi connectivity index (χ0v) is 15.6.